The van der Waals surface area contributed by atoms with Gasteiger partial charge in [-0.25, -0.2) is 0 Å². The molecule has 0 N–H and O–H groups in total. The van der Waals surface area contributed by atoms with Crippen molar-refractivity contribution in [3.63, 3.8) is 0 Å². The van der Waals surface area contributed by atoms with Gasteiger partial charge >= 0.3 is 0 Å². The maximum atomic E-state index is 7.18. The summed E-state index contributed by atoms with van der Waals surface area (Å²) < 4.78 is 73.9. The predicted molar refractivity (Wildman–Crippen MR) is 300 cm³/mol. The van der Waals surface area contributed by atoms with Crippen LogP contribution in [0, 0.1) is 0 Å². The van der Waals surface area contributed by atoms with E-state index >= 15 is 0 Å². The SMILES string of the molecule is COc1ccc(C2Oc3cc(OC)cc(/C=C\c4ccc(OC)c([C@H]5c6cc(OC)cc7c6[C@H](c6cc(OC)cc(OC)c6[C@@H]5c5ccc(OC)cc5)[C@@H](c5ccc(OC)cc5)O7)c4)c3C2c2cc(OC)cc(OC)c2)cc1. The lowest BCUT2D eigenvalue weighted by atomic mass is 9.72. The first-order chi connectivity index (χ1) is 38.2. The van der Waals surface area contributed by atoms with Gasteiger partial charge in [0.05, 0.1) is 82.9 Å². The number of hydrogen-bond donors (Lipinski definition) is 0. The van der Waals surface area contributed by atoms with Gasteiger partial charge in [0.2, 0.25) is 0 Å². The molecular formula is C66H62O12. The van der Waals surface area contributed by atoms with E-state index in [1.165, 1.54) is 0 Å². The highest BCUT2D eigenvalue weighted by Gasteiger charge is 2.49. The second kappa shape index (κ2) is 21.6. The molecular weight excluding hydrogens is 985 g/mol. The Morgan fingerprint density at radius 1 is 0.295 bits per heavy atom. The van der Waals surface area contributed by atoms with Gasteiger partial charge in [-0.15, -0.1) is 0 Å². The summed E-state index contributed by atoms with van der Waals surface area (Å²) in [6.45, 7) is 0. The van der Waals surface area contributed by atoms with Gasteiger partial charge in [0.25, 0.3) is 0 Å². The van der Waals surface area contributed by atoms with Crippen LogP contribution in [-0.4, -0.2) is 71.1 Å². The monoisotopic (exact) mass is 1050 g/mol. The molecule has 1 aliphatic carbocycles. The molecule has 11 rings (SSSR count). The van der Waals surface area contributed by atoms with Gasteiger partial charge in [0.15, 0.2) is 0 Å². The Morgan fingerprint density at radius 3 is 1.28 bits per heavy atom. The number of rotatable bonds is 17. The van der Waals surface area contributed by atoms with E-state index in [0.717, 1.165) is 89.8 Å². The first-order valence-electron chi connectivity index (χ1n) is 25.7. The van der Waals surface area contributed by atoms with Crippen molar-refractivity contribution >= 4 is 12.2 Å². The molecule has 398 valence electrons. The Kier molecular flexibility index (Phi) is 14.2. The van der Waals surface area contributed by atoms with Crippen LogP contribution in [0.25, 0.3) is 12.2 Å². The van der Waals surface area contributed by atoms with Crippen LogP contribution in [0.4, 0.5) is 0 Å². The van der Waals surface area contributed by atoms with Crippen molar-refractivity contribution in [2.45, 2.75) is 35.9 Å². The number of fused-ring (bicyclic) bond motifs is 3. The molecule has 6 atom stereocenters. The maximum Gasteiger partial charge on any atom is 0.135 e. The van der Waals surface area contributed by atoms with Crippen molar-refractivity contribution < 1.29 is 56.8 Å². The normalized spacial score (nSPS) is 18.5. The number of methoxy groups -OCH3 is 10. The molecule has 0 spiro atoms. The summed E-state index contributed by atoms with van der Waals surface area (Å²) in [5.41, 5.74) is 11.8. The first kappa shape index (κ1) is 51.2. The van der Waals surface area contributed by atoms with Crippen molar-refractivity contribution in [3.05, 3.63) is 212 Å². The van der Waals surface area contributed by atoms with Crippen LogP contribution in [0.1, 0.15) is 103 Å². The molecule has 0 amide bonds. The molecule has 0 bridgehead atoms. The Hall–Kier alpha value is -8.90. The molecule has 12 heteroatoms. The van der Waals surface area contributed by atoms with Crippen molar-refractivity contribution in [1.29, 1.82) is 0 Å². The second-order valence-electron chi connectivity index (χ2n) is 19.4. The zero-order valence-corrected chi connectivity index (χ0v) is 45.4. The topological polar surface area (TPSA) is 111 Å². The summed E-state index contributed by atoms with van der Waals surface area (Å²) in [6, 6.07) is 49.1. The summed E-state index contributed by atoms with van der Waals surface area (Å²) in [4.78, 5) is 0. The summed E-state index contributed by atoms with van der Waals surface area (Å²) >= 11 is 0. The van der Waals surface area contributed by atoms with Crippen LogP contribution in [0.2, 0.25) is 0 Å². The van der Waals surface area contributed by atoms with Crippen LogP contribution in [0.15, 0.2) is 146 Å². The minimum Gasteiger partial charge on any atom is -0.497 e. The third-order valence-electron chi connectivity index (χ3n) is 15.6. The fourth-order valence-corrected chi connectivity index (χ4v) is 11.9. The minimum atomic E-state index is -0.446. The largest absolute Gasteiger partial charge is 0.497 e. The van der Waals surface area contributed by atoms with E-state index in [1.807, 2.05) is 72.8 Å². The zero-order valence-electron chi connectivity index (χ0n) is 45.4. The van der Waals surface area contributed by atoms with E-state index in [-0.39, 0.29) is 17.8 Å². The lowest BCUT2D eigenvalue weighted by Crippen LogP contribution is -2.18. The zero-order chi connectivity index (χ0) is 54.2. The highest BCUT2D eigenvalue weighted by Crippen LogP contribution is 2.63. The Labute approximate surface area is 455 Å². The highest BCUT2D eigenvalue weighted by molar-refractivity contribution is 5.77. The van der Waals surface area contributed by atoms with Crippen molar-refractivity contribution in [2.75, 3.05) is 71.1 Å². The van der Waals surface area contributed by atoms with Gasteiger partial charge < -0.3 is 56.8 Å². The van der Waals surface area contributed by atoms with Gasteiger partial charge in [0, 0.05) is 58.4 Å². The molecule has 0 radical (unpaired) electrons. The summed E-state index contributed by atoms with van der Waals surface area (Å²) in [5.74, 6) is 6.99. The van der Waals surface area contributed by atoms with Crippen molar-refractivity contribution in [3.8, 4) is 69.0 Å². The summed E-state index contributed by atoms with van der Waals surface area (Å²) in [7, 11) is 16.8. The van der Waals surface area contributed by atoms with E-state index in [4.69, 9.17) is 56.8 Å². The molecule has 0 saturated carbocycles. The number of ether oxygens (including phenoxy) is 12. The lowest BCUT2D eigenvalue weighted by Gasteiger charge is -2.32. The quantitative estimate of drug-likeness (QED) is 0.0810. The van der Waals surface area contributed by atoms with Crippen LogP contribution >= 0.6 is 0 Å². The van der Waals surface area contributed by atoms with Crippen LogP contribution in [0.3, 0.4) is 0 Å². The van der Waals surface area contributed by atoms with E-state index in [0.29, 0.717) is 46.0 Å². The van der Waals surface area contributed by atoms with Crippen LogP contribution < -0.4 is 56.8 Å². The molecule has 0 aromatic heterocycles. The summed E-state index contributed by atoms with van der Waals surface area (Å²) in [5, 5.41) is 0. The van der Waals surface area contributed by atoms with Gasteiger partial charge in [-0.05, 0) is 123 Å². The molecule has 2 heterocycles. The van der Waals surface area contributed by atoms with Crippen molar-refractivity contribution in [2.24, 2.45) is 0 Å². The predicted octanol–water partition coefficient (Wildman–Crippen LogP) is 13.8. The van der Waals surface area contributed by atoms with Crippen LogP contribution in [-0.2, 0) is 0 Å². The average molecular weight is 1050 g/mol. The van der Waals surface area contributed by atoms with E-state index in [9.17, 15) is 0 Å². The lowest BCUT2D eigenvalue weighted by molar-refractivity contribution is 0.221. The molecule has 78 heavy (non-hydrogen) atoms. The van der Waals surface area contributed by atoms with Crippen molar-refractivity contribution in [1.82, 2.24) is 0 Å². The molecule has 12 nitrogen and oxygen atoms in total. The maximum absolute atomic E-state index is 7.18. The Balaban J connectivity index is 1.13. The Morgan fingerprint density at radius 2 is 0.756 bits per heavy atom. The molecule has 2 aliphatic heterocycles. The number of hydrogen-bond acceptors (Lipinski definition) is 12. The molecule has 3 aliphatic rings. The average Bonchev–Trinajstić information content (AvgIpc) is 4.28. The first-order valence-corrected chi connectivity index (χ1v) is 25.7. The molecule has 0 fully saturated rings. The third kappa shape index (κ3) is 9.14. The van der Waals surface area contributed by atoms with Gasteiger partial charge in [0.1, 0.15) is 81.2 Å². The smallest absolute Gasteiger partial charge is 0.135 e. The molecule has 2 unspecified atom stereocenters. The standard InChI is InChI=1S/C66H62O12/c1-67-43-20-14-38(15-21-43)59-61(52-32-50(74-8)36-57-63(52)64(53-33-49(73-7)34-55(76-10)62(53)59)66(78-57)40-18-24-45(69-3)25-19-40)51-27-37(12-26-54(51)75-9)11-13-41-28-48(72-6)35-56-58(41)60(42-29-46(70-4)31-47(30-42)71-5)65(77-56)39-16-22-44(68-2)23-17-39/h11-36,59-61,64-66H,1-10H3/b13-11-/t59-,60?,61+,64+,65?,66-/m1/s1. The molecule has 0 saturated heterocycles. The van der Waals surface area contributed by atoms with E-state index in [2.05, 4.69) is 84.9 Å². The fourth-order valence-electron chi connectivity index (χ4n) is 11.9. The Bertz CT molecular complexity index is 3490. The van der Waals surface area contributed by atoms with Gasteiger partial charge in [-0.2, -0.15) is 0 Å². The van der Waals surface area contributed by atoms with Gasteiger partial charge in [-0.1, -0.05) is 54.6 Å². The number of benzene rings is 8. The summed E-state index contributed by atoms with van der Waals surface area (Å²) in [6.07, 6.45) is 3.42. The second-order valence-corrected chi connectivity index (χ2v) is 19.4. The van der Waals surface area contributed by atoms with E-state index in [1.54, 1.807) is 71.1 Å². The third-order valence-corrected chi connectivity index (χ3v) is 15.6. The van der Waals surface area contributed by atoms with Gasteiger partial charge in [-0.3, -0.25) is 0 Å². The van der Waals surface area contributed by atoms with Crippen LogP contribution in [0.5, 0.6) is 69.0 Å². The molecule has 8 aromatic carbocycles. The fraction of sp³-hybridized carbons (Fsp3) is 0.242. The minimum absolute atomic E-state index is 0.286. The molecule has 8 aromatic rings. The van der Waals surface area contributed by atoms with E-state index < -0.39 is 18.1 Å². The highest BCUT2D eigenvalue weighted by atomic mass is 16.5.